The number of hydrogen-bond donors (Lipinski definition) is 0. The number of ether oxygens (including phenoxy) is 1. The molecule has 2 rings (SSSR count). The number of nitrogens with zero attached hydrogens (tertiary/aromatic N) is 2. The molecule has 2 aliphatic rings. The summed E-state index contributed by atoms with van der Waals surface area (Å²) in [6, 6.07) is 0.864. The lowest BCUT2D eigenvalue weighted by Gasteiger charge is -2.51. The van der Waals surface area contributed by atoms with E-state index in [9.17, 15) is 8.42 Å². The van der Waals surface area contributed by atoms with Crippen LogP contribution in [0.25, 0.3) is 0 Å². The second kappa shape index (κ2) is 8.79. The third kappa shape index (κ3) is 4.47. The summed E-state index contributed by atoms with van der Waals surface area (Å²) >= 11 is 0. The summed E-state index contributed by atoms with van der Waals surface area (Å²) in [6.07, 6.45) is 6.68. The van der Waals surface area contributed by atoms with Crippen LogP contribution in [-0.2, 0) is 14.8 Å². The van der Waals surface area contributed by atoms with E-state index in [1.807, 2.05) is 6.92 Å². The highest BCUT2D eigenvalue weighted by Gasteiger charge is 2.42. The fourth-order valence-corrected chi connectivity index (χ4v) is 6.06. The first-order valence-corrected chi connectivity index (χ1v) is 10.8. The standard InChI is InChI=1S/C17H34N2O3S/c1-4-6-9-17(5-2)23(20,21)18-10-7-8-11-19-15(13-18)12-16(19)14-22-3/h15-17H,4-14H2,1-3H3/t15-,16+,17?/m1/s1. The van der Waals surface area contributed by atoms with Gasteiger partial charge in [-0.3, -0.25) is 4.90 Å². The number of hydrogen-bond acceptors (Lipinski definition) is 4. The third-order valence-electron chi connectivity index (χ3n) is 5.45. The van der Waals surface area contributed by atoms with E-state index in [0.29, 0.717) is 25.2 Å². The molecule has 0 N–H and O–H groups in total. The van der Waals surface area contributed by atoms with E-state index in [4.69, 9.17) is 4.74 Å². The zero-order chi connectivity index (χ0) is 16.9. The summed E-state index contributed by atoms with van der Waals surface area (Å²) in [7, 11) is -1.42. The SMILES string of the molecule is CCCCC(CC)S(=O)(=O)N1CCCCN2[C@H](COC)C[C@@H]2C1. The van der Waals surface area contributed by atoms with Gasteiger partial charge < -0.3 is 4.74 Å². The van der Waals surface area contributed by atoms with Gasteiger partial charge in [0, 0.05) is 32.3 Å². The largest absolute Gasteiger partial charge is 0.383 e. The van der Waals surface area contributed by atoms with E-state index < -0.39 is 10.0 Å². The molecule has 1 unspecified atom stereocenters. The van der Waals surface area contributed by atoms with Gasteiger partial charge in [0.1, 0.15) is 0 Å². The van der Waals surface area contributed by atoms with Gasteiger partial charge in [0.25, 0.3) is 0 Å². The van der Waals surface area contributed by atoms with Crippen LogP contribution in [0.1, 0.15) is 58.8 Å². The topological polar surface area (TPSA) is 49.9 Å². The van der Waals surface area contributed by atoms with Crippen LogP contribution in [0.2, 0.25) is 0 Å². The van der Waals surface area contributed by atoms with Gasteiger partial charge in [-0.25, -0.2) is 12.7 Å². The van der Waals surface area contributed by atoms with Crippen molar-refractivity contribution in [3.63, 3.8) is 0 Å². The molecule has 2 aliphatic heterocycles. The van der Waals surface area contributed by atoms with Crippen LogP contribution in [0.4, 0.5) is 0 Å². The Labute approximate surface area is 142 Å². The van der Waals surface area contributed by atoms with Gasteiger partial charge in [0.15, 0.2) is 0 Å². The molecule has 6 heteroatoms. The second-order valence-corrected chi connectivity index (χ2v) is 9.23. The molecule has 2 fully saturated rings. The summed E-state index contributed by atoms with van der Waals surface area (Å²) in [5, 5.41) is -0.204. The average Bonchev–Trinajstić information content (AvgIpc) is 2.49. The van der Waals surface area contributed by atoms with Crippen molar-refractivity contribution in [2.45, 2.75) is 76.1 Å². The van der Waals surface area contributed by atoms with Crippen LogP contribution in [-0.4, -0.2) is 68.3 Å². The molecule has 0 aromatic carbocycles. The fraction of sp³-hybridized carbons (Fsp3) is 1.00. The molecule has 23 heavy (non-hydrogen) atoms. The molecule has 0 aromatic rings. The Morgan fingerprint density at radius 3 is 2.61 bits per heavy atom. The molecular weight excluding hydrogens is 312 g/mol. The van der Waals surface area contributed by atoms with Crippen LogP contribution in [0, 0.1) is 0 Å². The van der Waals surface area contributed by atoms with Crippen LogP contribution in [0.3, 0.4) is 0 Å². The lowest BCUT2D eigenvalue weighted by molar-refractivity contribution is -0.0403. The summed E-state index contributed by atoms with van der Waals surface area (Å²) in [4.78, 5) is 2.46. The molecule has 0 aromatic heterocycles. The van der Waals surface area contributed by atoms with E-state index in [2.05, 4.69) is 11.8 Å². The van der Waals surface area contributed by atoms with E-state index in [1.165, 1.54) is 0 Å². The zero-order valence-corrected chi connectivity index (χ0v) is 15.9. The summed E-state index contributed by atoms with van der Waals surface area (Å²) in [5.74, 6) is 0. The predicted octanol–water partition coefficient (Wildman–Crippen LogP) is 2.47. The van der Waals surface area contributed by atoms with Crippen LogP contribution in [0.15, 0.2) is 0 Å². The molecule has 3 atom stereocenters. The first-order chi connectivity index (χ1) is 11.0. The van der Waals surface area contributed by atoms with Gasteiger partial charge in [-0.1, -0.05) is 26.7 Å². The van der Waals surface area contributed by atoms with Crippen molar-refractivity contribution in [2.75, 3.05) is 33.4 Å². The predicted molar refractivity (Wildman–Crippen MR) is 94.1 cm³/mol. The zero-order valence-electron chi connectivity index (χ0n) is 15.0. The molecule has 2 saturated heterocycles. The first kappa shape index (κ1) is 19.2. The van der Waals surface area contributed by atoms with E-state index in [-0.39, 0.29) is 5.25 Å². The second-order valence-electron chi connectivity index (χ2n) is 7.02. The number of fused-ring (bicyclic) bond motifs is 1. The highest BCUT2D eigenvalue weighted by molar-refractivity contribution is 7.89. The molecule has 0 radical (unpaired) electrons. The van der Waals surface area contributed by atoms with Crippen molar-refractivity contribution in [1.29, 1.82) is 0 Å². The maximum Gasteiger partial charge on any atom is 0.217 e. The molecular formula is C17H34N2O3S. The maximum atomic E-state index is 13.1. The van der Waals surface area contributed by atoms with Crippen LogP contribution >= 0.6 is 0 Å². The van der Waals surface area contributed by atoms with Crippen molar-refractivity contribution >= 4 is 10.0 Å². The Morgan fingerprint density at radius 2 is 1.96 bits per heavy atom. The van der Waals surface area contributed by atoms with Crippen molar-refractivity contribution in [1.82, 2.24) is 9.21 Å². The average molecular weight is 347 g/mol. The molecule has 0 amide bonds. The van der Waals surface area contributed by atoms with Gasteiger partial charge in [-0.05, 0) is 38.6 Å². The van der Waals surface area contributed by atoms with Crippen LogP contribution < -0.4 is 0 Å². The van der Waals surface area contributed by atoms with Crippen molar-refractivity contribution in [2.24, 2.45) is 0 Å². The minimum atomic E-state index is -3.16. The lowest BCUT2D eigenvalue weighted by Crippen LogP contribution is -2.63. The number of rotatable bonds is 8. The smallest absolute Gasteiger partial charge is 0.217 e. The quantitative estimate of drug-likeness (QED) is 0.677. The summed E-state index contributed by atoms with van der Waals surface area (Å²) in [5.41, 5.74) is 0. The first-order valence-electron chi connectivity index (χ1n) is 9.28. The Morgan fingerprint density at radius 1 is 1.22 bits per heavy atom. The highest BCUT2D eigenvalue weighted by Crippen LogP contribution is 2.31. The van der Waals surface area contributed by atoms with Gasteiger partial charge in [-0.2, -0.15) is 0 Å². The number of unbranched alkanes of at least 4 members (excludes halogenated alkanes) is 1. The normalized spacial score (nSPS) is 28.5. The molecule has 2 heterocycles. The minimum absolute atomic E-state index is 0.204. The molecule has 5 nitrogen and oxygen atoms in total. The molecule has 136 valence electrons. The summed E-state index contributed by atoms with van der Waals surface area (Å²) < 4.78 is 33.2. The van der Waals surface area contributed by atoms with Crippen molar-refractivity contribution < 1.29 is 13.2 Å². The van der Waals surface area contributed by atoms with E-state index in [1.54, 1.807) is 11.4 Å². The lowest BCUT2D eigenvalue weighted by atomic mass is 9.91. The molecule has 0 aliphatic carbocycles. The highest BCUT2D eigenvalue weighted by atomic mass is 32.2. The monoisotopic (exact) mass is 346 g/mol. The van der Waals surface area contributed by atoms with Crippen LogP contribution in [0.5, 0.6) is 0 Å². The Hall–Kier alpha value is -0.170. The minimum Gasteiger partial charge on any atom is -0.383 e. The molecule has 0 saturated carbocycles. The van der Waals surface area contributed by atoms with E-state index >= 15 is 0 Å². The Kier molecular flexibility index (Phi) is 7.32. The van der Waals surface area contributed by atoms with Gasteiger partial charge in [0.05, 0.1) is 11.9 Å². The number of methoxy groups -OCH3 is 1. The fourth-order valence-electron chi connectivity index (χ4n) is 3.99. The third-order valence-corrected chi connectivity index (χ3v) is 7.91. The van der Waals surface area contributed by atoms with Crippen molar-refractivity contribution in [3.05, 3.63) is 0 Å². The maximum absolute atomic E-state index is 13.1. The number of sulfonamides is 1. The van der Waals surface area contributed by atoms with Gasteiger partial charge in [0.2, 0.25) is 10.0 Å². The molecule has 0 spiro atoms. The Bertz CT molecular complexity index is 455. The molecule has 0 bridgehead atoms. The van der Waals surface area contributed by atoms with Gasteiger partial charge >= 0.3 is 0 Å². The van der Waals surface area contributed by atoms with Crippen molar-refractivity contribution in [3.8, 4) is 0 Å². The summed E-state index contributed by atoms with van der Waals surface area (Å²) in [6.45, 7) is 7.34. The van der Waals surface area contributed by atoms with Gasteiger partial charge in [-0.15, -0.1) is 0 Å². The Balaban J connectivity index is 2.03. The van der Waals surface area contributed by atoms with E-state index in [0.717, 1.165) is 58.1 Å².